The molecule has 1 unspecified atom stereocenters. The summed E-state index contributed by atoms with van der Waals surface area (Å²) >= 11 is 0. The van der Waals surface area contributed by atoms with E-state index in [1.54, 1.807) is 0 Å². The Bertz CT molecular complexity index is 408. The van der Waals surface area contributed by atoms with Crippen LogP contribution in [0.15, 0.2) is 5.16 Å². The Morgan fingerprint density at radius 2 is 0.611 bits per heavy atom. The third-order valence-corrected chi connectivity index (χ3v) is 8.13. The van der Waals surface area contributed by atoms with Gasteiger partial charge in [0.05, 0.1) is 0 Å². The van der Waals surface area contributed by atoms with Gasteiger partial charge >= 0.3 is 0 Å². The average Bonchev–Trinajstić information content (AvgIpc) is 2.89. The Morgan fingerprint density at radius 3 is 0.833 bits per heavy atom. The van der Waals surface area contributed by atoms with Gasteiger partial charge in [0.2, 0.25) is 0 Å². The van der Waals surface area contributed by atoms with Crippen molar-refractivity contribution in [3.05, 3.63) is 0 Å². The topological polar surface area (TPSA) is 32.6 Å². The van der Waals surface area contributed by atoms with Gasteiger partial charge in [-0.05, 0) is 18.8 Å². The zero-order chi connectivity index (χ0) is 26.2. The van der Waals surface area contributed by atoms with Gasteiger partial charge in [0.1, 0.15) is 0 Å². The summed E-state index contributed by atoms with van der Waals surface area (Å²) in [5, 5.41) is 12.4. The van der Waals surface area contributed by atoms with E-state index in [9.17, 15) is 0 Å². The standard InChI is InChI=1S/C34H69NO/c1-3-5-7-9-11-13-15-17-18-19-20-22-24-26-28-30-32-34(33-35-36)31-29-27-25-23-21-16-14-12-10-8-6-4-2/h33-34,36H,3-32H2,1-2H3. The summed E-state index contributed by atoms with van der Waals surface area (Å²) in [5.41, 5.74) is 0. The van der Waals surface area contributed by atoms with E-state index in [0.717, 1.165) is 0 Å². The highest BCUT2D eigenvalue weighted by Crippen LogP contribution is 2.19. The van der Waals surface area contributed by atoms with E-state index in [1.807, 2.05) is 6.21 Å². The number of unbranched alkanes of at least 4 members (excludes halogenated alkanes) is 26. The predicted molar refractivity (Wildman–Crippen MR) is 164 cm³/mol. The second kappa shape index (κ2) is 32.5. The Kier molecular flexibility index (Phi) is 32.0. The van der Waals surface area contributed by atoms with Crippen molar-refractivity contribution < 1.29 is 5.21 Å². The molecule has 2 nitrogen and oxygen atoms in total. The highest BCUT2D eigenvalue weighted by atomic mass is 16.4. The molecule has 0 aromatic rings. The molecule has 0 aromatic heterocycles. The largest absolute Gasteiger partial charge is 0.411 e. The van der Waals surface area contributed by atoms with Crippen LogP contribution in [0.4, 0.5) is 0 Å². The van der Waals surface area contributed by atoms with Crippen LogP contribution in [-0.4, -0.2) is 11.4 Å². The average molecular weight is 508 g/mol. The predicted octanol–water partition coefficient (Wildman–Crippen LogP) is 12.8. The molecule has 0 fully saturated rings. The molecule has 0 aliphatic rings. The lowest BCUT2D eigenvalue weighted by Gasteiger charge is -2.11. The van der Waals surface area contributed by atoms with Gasteiger partial charge in [-0.1, -0.05) is 194 Å². The summed E-state index contributed by atoms with van der Waals surface area (Å²) in [6, 6.07) is 0. The molecule has 0 saturated heterocycles. The SMILES string of the molecule is CCCCCCCCCCCCCCCCCCC(C=NO)CCCCCCCCCCCCCC. The number of oxime groups is 1. The van der Waals surface area contributed by atoms with Crippen molar-refractivity contribution in [3.8, 4) is 0 Å². The summed E-state index contributed by atoms with van der Waals surface area (Å²) in [7, 11) is 0. The van der Waals surface area contributed by atoms with E-state index in [2.05, 4.69) is 19.0 Å². The first-order valence-electron chi connectivity index (χ1n) is 17.0. The Hall–Kier alpha value is -0.530. The maximum absolute atomic E-state index is 9.03. The van der Waals surface area contributed by atoms with Crippen molar-refractivity contribution in [2.24, 2.45) is 11.1 Å². The highest BCUT2D eigenvalue weighted by molar-refractivity contribution is 5.59. The molecule has 1 atom stereocenters. The van der Waals surface area contributed by atoms with Gasteiger partial charge in [-0.2, -0.15) is 0 Å². The van der Waals surface area contributed by atoms with E-state index in [1.165, 1.54) is 193 Å². The van der Waals surface area contributed by atoms with Crippen LogP contribution in [0.25, 0.3) is 0 Å². The smallest absolute Gasteiger partial charge is 0.0466 e. The molecule has 1 N–H and O–H groups in total. The molecule has 0 rings (SSSR count). The van der Waals surface area contributed by atoms with Crippen molar-refractivity contribution in [2.75, 3.05) is 0 Å². The van der Waals surface area contributed by atoms with Crippen LogP contribution < -0.4 is 0 Å². The minimum atomic E-state index is 0.491. The molecule has 0 aliphatic carbocycles. The Balaban J connectivity index is 3.37. The van der Waals surface area contributed by atoms with Gasteiger partial charge < -0.3 is 5.21 Å². The quantitative estimate of drug-likeness (QED) is 0.0430. The van der Waals surface area contributed by atoms with Crippen LogP contribution >= 0.6 is 0 Å². The van der Waals surface area contributed by atoms with Crippen molar-refractivity contribution in [2.45, 2.75) is 206 Å². The van der Waals surface area contributed by atoms with Crippen LogP contribution in [0.5, 0.6) is 0 Å². The zero-order valence-electron chi connectivity index (χ0n) is 25.3. The maximum Gasteiger partial charge on any atom is 0.0466 e. The van der Waals surface area contributed by atoms with Crippen LogP contribution in [0.2, 0.25) is 0 Å². The molecule has 0 bridgehead atoms. The van der Waals surface area contributed by atoms with Crippen molar-refractivity contribution >= 4 is 6.21 Å². The first-order valence-corrected chi connectivity index (χ1v) is 17.0. The van der Waals surface area contributed by atoms with Crippen LogP contribution in [0.3, 0.4) is 0 Å². The fourth-order valence-electron chi connectivity index (χ4n) is 5.59. The molecular formula is C34H69NO. The maximum atomic E-state index is 9.03. The lowest BCUT2D eigenvalue weighted by Crippen LogP contribution is -2.02. The number of hydrogen-bond donors (Lipinski definition) is 1. The highest BCUT2D eigenvalue weighted by Gasteiger charge is 2.06. The summed E-state index contributed by atoms with van der Waals surface area (Å²) in [6.07, 6.45) is 43.8. The van der Waals surface area contributed by atoms with Crippen LogP contribution in [0, 0.1) is 5.92 Å². The summed E-state index contributed by atoms with van der Waals surface area (Å²) < 4.78 is 0. The zero-order valence-corrected chi connectivity index (χ0v) is 25.3. The lowest BCUT2D eigenvalue weighted by molar-refractivity contribution is 0.316. The minimum Gasteiger partial charge on any atom is -0.411 e. The molecule has 36 heavy (non-hydrogen) atoms. The summed E-state index contributed by atoms with van der Waals surface area (Å²) in [6.45, 7) is 4.59. The third-order valence-electron chi connectivity index (χ3n) is 8.13. The molecule has 0 aliphatic heterocycles. The summed E-state index contributed by atoms with van der Waals surface area (Å²) in [5.74, 6) is 0.491. The second-order valence-electron chi connectivity index (χ2n) is 11.8. The van der Waals surface area contributed by atoms with Crippen LogP contribution in [0.1, 0.15) is 206 Å². The number of nitrogens with zero attached hydrogens (tertiary/aromatic N) is 1. The molecule has 216 valence electrons. The van der Waals surface area contributed by atoms with Gasteiger partial charge in [0.15, 0.2) is 0 Å². The Morgan fingerprint density at radius 1 is 0.389 bits per heavy atom. The molecule has 0 saturated carbocycles. The minimum absolute atomic E-state index is 0.491. The van der Waals surface area contributed by atoms with E-state index < -0.39 is 0 Å². The number of hydrogen-bond acceptors (Lipinski definition) is 2. The van der Waals surface area contributed by atoms with E-state index >= 15 is 0 Å². The summed E-state index contributed by atoms with van der Waals surface area (Å²) in [4.78, 5) is 0. The monoisotopic (exact) mass is 508 g/mol. The second-order valence-corrected chi connectivity index (χ2v) is 11.8. The first kappa shape index (κ1) is 35.5. The fraction of sp³-hybridized carbons (Fsp3) is 0.971. The van der Waals surface area contributed by atoms with Gasteiger partial charge in [-0.25, -0.2) is 0 Å². The molecule has 0 radical (unpaired) electrons. The van der Waals surface area contributed by atoms with Crippen molar-refractivity contribution in [1.82, 2.24) is 0 Å². The molecular weight excluding hydrogens is 438 g/mol. The normalized spacial score (nSPS) is 12.6. The van der Waals surface area contributed by atoms with Gasteiger partial charge in [0, 0.05) is 6.21 Å². The lowest BCUT2D eigenvalue weighted by atomic mass is 9.95. The Labute approximate surface area is 228 Å². The van der Waals surface area contributed by atoms with Crippen molar-refractivity contribution in [1.29, 1.82) is 0 Å². The molecule has 2 heteroatoms. The molecule has 0 amide bonds. The fourth-order valence-corrected chi connectivity index (χ4v) is 5.59. The number of rotatable bonds is 31. The van der Waals surface area contributed by atoms with Gasteiger partial charge in [-0.15, -0.1) is 5.16 Å². The van der Waals surface area contributed by atoms with E-state index in [4.69, 9.17) is 5.21 Å². The van der Waals surface area contributed by atoms with Gasteiger partial charge in [-0.3, -0.25) is 0 Å². The molecule has 0 aromatic carbocycles. The van der Waals surface area contributed by atoms with E-state index in [-0.39, 0.29) is 0 Å². The molecule has 0 heterocycles. The van der Waals surface area contributed by atoms with Crippen LogP contribution in [-0.2, 0) is 0 Å². The first-order chi connectivity index (χ1) is 17.8. The van der Waals surface area contributed by atoms with Gasteiger partial charge in [0.25, 0.3) is 0 Å². The van der Waals surface area contributed by atoms with E-state index in [0.29, 0.717) is 5.92 Å². The molecule has 0 spiro atoms. The third kappa shape index (κ3) is 29.7. The van der Waals surface area contributed by atoms with Crippen molar-refractivity contribution in [3.63, 3.8) is 0 Å².